The predicted molar refractivity (Wildman–Crippen MR) is 59.2 cm³/mol. The molecule has 102 valence electrons. The van der Waals surface area contributed by atoms with Crippen LogP contribution in [0.4, 0.5) is 0 Å². The lowest BCUT2D eigenvalue weighted by Crippen LogP contribution is -2.34. The van der Waals surface area contributed by atoms with Gasteiger partial charge in [-0.25, -0.2) is 9.59 Å². The SMILES string of the molecule is NCCC[C@@H](N)C(=O)OC(=O)CCC(=O)C(=O)O. The van der Waals surface area contributed by atoms with E-state index in [1.165, 1.54) is 0 Å². The van der Waals surface area contributed by atoms with Gasteiger partial charge in [0, 0.05) is 6.42 Å². The van der Waals surface area contributed by atoms with Crippen LogP contribution in [0.2, 0.25) is 0 Å². The summed E-state index contributed by atoms with van der Waals surface area (Å²) in [7, 11) is 0. The molecule has 0 rings (SSSR count). The monoisotopic (exact) mass is 260 g/mol. The minimum Gasteiger partial charge on any atom is -0.476 e. The molecular weight excluding hydrogens is 244 g/mol. The van der Waals surface area contributed by atoms with Gasteiger partial charge in [-0.05, 0) is 19.4 Å². The minimum atomic E-state index is -1.63. The highest BCUT2D eigenvalue weighted by atomic mass is 16.6. The molecular formula is C10H16N2O6. The van der Waals surface area contributed by atoms with Gasteiger partial charge in [-0.15, -0.1) is 0 Å². The summed E-state index contributed by atoms with van der Waals surface area (Å²) < 4.78 is 4.35. The number of hydrogen-bond acceptors (Lipinski definition) is 7. The number of esters is 2. The van der Waals surface area contributed by atoms with Crippen molar-refractivity contribution in [2.24, 2.45) is 11.5 Å². The molecule has 5 N–H and O–H groups in total. The Balaban J connectivity index is 3.97. The first-order valence-electron chi connectivity index (χ1n) is 5.34. The highest BCUT2D eigenvalue weighted by Gasteiger charge is 2.20. The number of aliphatic carboxylic acids is 1. The van der Waals surface area contributed by atoms with Crippen molar-refractivity contribution in [1.82, 2.24) is 0 Å². The molecule has 8 nitrogen and oxygen atoms in total. The Bertz CT molecular complexity index is 341. The fourth-order valence-corrected chi connectivity index (χ4v) is 1.02. The first-order chi connectivity index (χ1) is 8.38. The third-order valence-corrected chi connectivity index (χ3v) is 2.03. The average Bonchev–Trinajstić information content (AvgIpc) is 2.32. The van der Waals surface area contributed by atoms with Crippen molar-refractivity contribution in [3.8, 4) is 0 Å². The quantitative estimate of drug-likeness (QED) is 0.272. The maximum atomic E-state index is 11.2. The van der Waals surface area contributed by atoms with E-state index in [4.69, 9.17) is 16.6 Å². The molecule has 0 saturated heterocycles. The smallest absolute Gasteiger partial charge is 0.372 e. The van der Waals surface area contributed by atoms with Gasteiger partial charge in [-0.3, -0.25) is 9.59 Å². The van der Waals surface area contributed by atoms with E-state index in [0.717, 1.165) is 0 Å². The minimum absolute atomic E-state index is 0.288. The van der Waals surface area contributed by atoms with E-state index in [2.05, 4.69) is 4.74 Å². The standard InChI is InChI=1S/C10H16N2O6/c11-5-1-2-6(12)10(17)18-8(14)4-3-7(13)9(15)16/h6H,1-5,11-12H2,(H,15,16)/t6-/m1/s1. The molecule has 0 aromatic heterocycles. The van der Waals surface area contributed by atoms with Crippen molar-refractivity contribution < 1.29 is 29.0 Å². The third kappa shape index (κ3) is 6.71. The van der Waals surface area contributed by atoms with Crippen LogP contribution in [0.3, 0.4) is 0 Å². The zero-order chi connectivity index (χ0) is 14.1. The Kier molecular flexibility index (Phi) is 7.48. The van der Waals surface area contributed by atoms with E-state index in [-0.39, 0.29) is 6.42 Å². The van der Waals surface area contributed by atoms with E-state index in [9.17, 15) is 19.2 Å². The van der Waals surface area contributed by atoms with Crippen LogP contribution in [0.15, 0.2) is 0 Å². The lowest BCUT2D eigenvalue weighted by Gasteiger charge is -2.09. The van der Waals surface area contributed by atoms with Crippen molar-refractivity contribution in [1.29, 1.82) is 0 Å². The molecule has 0 aliphatic rings. The van der Waals surface area contributed by atoms with Crippen LogP contribution in [-0.4, -0.2) is 41.4 Å². The number of carbonyl (C=O) groups excluding carboxylic acids is 3. The summed E-state index contributed by atoms with van der Waals surface area (Å²) in [5.74, 6) is -4.63. The fourth-order valence-electron chi connectivity index (χ4n) is 1.02. The van der Waals surface area contributed by atoms with Crippen LogP contribution in [0, 0.1) is 0 Å². The van der Waals surface area contributed by atoms with E-state index in [0.29, 0.717) is 13.0 Å². The summed E-state index contributed by atoms with van der Waals surface area (Å²) in [6.07, 6.45) is -0.182. The van der Waals surface area contributed by atoms with Crippen LogP contribution >= 0.6 is 0 Å². The summed E-state index contributed by atoms with van der Waals surface area (Å²) >= 11 is 0. The molecule has 8 heteroatoms. The summed E-state index contributed by atoms with van der Waals surface area (Å²) in [6, 6.07) is -0.951. The Morgan fingerprint density at radius 3 is 2.28 bits per heavy atom. The highest BCUT2D eigenvalue weighted by molar-refractivity contribution is 6.32. The molecule has 0 unspecified atom stereocenters. The largest absolute Gasteiger partial charge is 0.476 e. The lowest BCUT2D eigenvalue weighted by atomic mass is 10.2. The lowest BCUT2D eigenvalue weighted by molar-refractivity contribution is -0.161. The topological polar surface area (TPSA) is 150 Å². The molecule has 0 aromatic carbocycles. The molecule has 0 fully saturated rings. The molecule has 0 aromatic rings. The van der Waals surface area contributed by atoms with Gasteiger partial charge in [0.2, 0.25) is 5.78 Å². The second-order valence-electron chi connectivity index (χ2n) is 3.56. The third-order valence-electron chi connectivity index (χ3n) is 2.03. The number of ether oxygens (including phenoxy) is 1. The van der Waals surface area contributed by atoms with Gasteiger partial charge in [0.1, 0.15) is 6.04 Å². The number of Topliss-reactive ketones (excluding diaryl/α,β-unsaturated/α-hetero) is 1. The van der Waals surface area contributed by atoms with E-state index in [1.54, 1.807) is 0 Å². The van der Waals surface area contributed by atoms with Crippen molar-refractivity contribution in [3.05, 3.63) is 0 Å². The summed E-state index contributed by atoms with van der Waals surface area (Å²) in [5, 5.41) is 8.26. The van der Waals surface area contributed by atoms with Crippen LogP contribution in [0.25, 0.3) is 0 Å². The Hall–Kier alpha value is -1.80. The molecule has 0 bridgehead atoms. The Labute approximate surface area is 103 Å². The molecule has 1 atom stereocenters. The van der Waals surface area contributed by atoms with Gasteiger partial charge in [-0.1, -0.05) is 0 Å². The van der Waals surface area contributed by atoms with Gasteiger partial charge in [-0.2, -0.15) is 0 Å². The van der Waals surface area contributed by atoms with Gasteiger partial charge in [0.05, 0.1) is 6.42 Å². The summed E-state index contributed by atoms with van der Waals surface area (Å²) in [4.78, 5) is 43.2. The number of ketones is 1. The van der Waals surface area contributed by atoms with Gasteiger partial charge in [0.25, 0.3) is 0 Å². The molecule has 0 spiro atoms. The van der Waals surface area contributed by atoms with Gasteiger partial charge in [0.15, 0.2) is 0 Å². The first kappa shape index (κ1) is 16.2. The molecule has 0 aliphatic heterocycles. The molecule has 18 heavy (non-hydrogen) atoms. The number of rotatable bonds is 8. The Morgan fingerprint density at radius 1 is 1.17 bits per heavy atom. The van der Waals surface area contributed by atoms with Crippen LogP contribution in [0.5, 0.6) is 0 Å². The second-order valence-corrected chi connectivity index (χ2v) is 3.56. The number of carboxylic acid groups (broad SMARTS) is 1. The maximum absolute atomic E-state index is 11.2. The number of carboxylic acids is 1. The summed E-state index contributed by atoms with van der Waals surface area (Å²) in [6.45, 7) is 0.363. The van der Waals surface area contributed by atoms with Crippen molar-refractivity contribution in [2.45, 2.75) is 31.7 Å². The fraction of sp³-hybridized carbons (Fsp3) is 0.600. The van der Waals surface area contributed by atoms with E-state index in [1.807, 2.05) is 0 Å². The van der Waals surface area contributed by atoms with Gasteiger partial charge < -0.3 is 21.3 Å². The van der Waals surface area contributed by atoms with Crippen molar-refractivity contribution in [3.63, 3.8) is 0 Å². The molecule has 0 aliphatic carbocycles. The zero-order valence-corrected chi connectivity index (χ0v) is 9.76. The van der Waals surface area contributed by atoms with Crippen LogP contribution < -0.4 is 11.5 Å². The number of nitrogens with two attached hydrogens (primary N) is 2. The second kappa shape index (κ2) is 8.31. The normalized spacial score (nSPS) is 11.7. The molecule has 0 amide bonds. The highest BCUT2D eigenvalue weighted by Crippen LogP contribution is 2.00. The van der Waals surface area contributed by atoms with Crippen LogP contribution in [0.1, 0.15) is 25.7 Å². The molecule has 0 heterocycles. The molecule has 0 saturated carbocycles. The summed E-state index contributed by atoms with van der Waals surface area (Å²) in [5.41, 5.74) is 10.6. The number of carbonyl (C=O) groups is 4. The average molecular weight is 260 g/mol. The van der Waals surface area contributed by atoms with Crippen molar-refractivity contribution in [2.75, 3.05) is 6.54 Å². The Morgan fingerprint density at radius 2 is 1.78 bits per heavy atom. The van der Waals surface area contributed by atoms with E-state index < -0.39 is 42.6 Å². The van der Waals surface area contributed by atoms with Crippen molar-refractivity contribution >= 4 is 23.7 Å². The van der Waals surface area contributed by atoms with Gasteiger partial charge >= 0.3 is 17.9 Å². The van der Waals surface area contributed by atoms with Crippen LogP contribution in [-0.2, 0) is 23.9 Å². The predicted octanol–water partition coefficient (Wildman–Crippen LogP) is -1.44. The maximum Gasteiger partial charge on any atom is 0.372 e. The zero-order valence-electron chi connectivity index (χ0n) is 9.76. The van der Waals surface area contributed by atoms with E-state index >= 15 is 0 Å². The number of hydrogen-bond donors (Lipinski definition) is 3. The first-order valence-corrected chi connectivity index (χ1v) is 5.34. The molecule has 0 radical (unpaired) electrons.